The summed E-state index contributed by atoms with van der Waals surface area (Å²) in [5, 5.41) is 4.57. The quantitative estimate of drug-likeness (QED) is 0.645. The second-order valence-corrected chi connectivity index (χ2v) is 5.87. The standard InChI is InChI=1S/C18H20ClN3O2/c1-13(24-17-10-6-15(19)7-11-17)18(23)21-20-12-14-4-8-16(9-5-14)22(2)3/h4-13H,1-3H3,(H,21,23)/b20-12-/t13-/m1/s1. The van der Waals surface area contributed by atoms with E-state index in [1.165, 1.54) is 0 Å². The van der Waals surface area contributed by atoms with E-state index in [9.17, 15) is 4.79 Å². The summed E-state index contributed by atoms with van der Waals surface area (Å²) in [5.41, 5.74) is 4.46. The first kappa shape index (κ1) is 17.8. The van der Waals surface area contributed by atoms with Crippen LogP contribution in [0.15, 0.2) is 53.6 Å². The van der Waals surface area contributed by atoms with Gasteiger partial charge in [-0.1, -0.05) is 23.7 Å². The first-order valence-electron chi connectivity index (χ1n) is 7.48. The molecule has 0 saturated heterocycles. The van der Waals surface area contributed by atoms with Crippen molar-refractivity contribution < 1.29 is 9.53 Å². The van der Waals surface area contributed by atoms with E-state index in [1.54, 1.807) is 37.4 Å². The number of hydrogen-bond donors (Lipinski definition) is 1. The van der Waals surface area contributed by atoms with Gasteiger partial charge in [0.05, 0.1) is 6.21 Å². The normalized spacial score (nSPS) is 12.0. The van der Waals surface area contributed by atoms with Crippen molar-refractivity contribution in [3.8, 4) is 5.75 Å². The predicted molar refractivity (Wildman–Crippen MR) is 98.0 cm³/mol. The van der Waals surface area contributed by atoms with Crippen LogP contribution in [-0.2, 0) is 4.79 Å². The Morgan fingerprint density at radius 2 is 1.79 bits per heavy atom. The highest BCUT2D eigenvalue weighted by Crippen LogP contribution is 2.16. The number of nitrogens with one attached hydrogen (secondary N) is 1. The van der Waals surface area contributed by atoms with Crippen LogP contribution in [0, 0.1) is 0 Å². The Kier molecular flexibility index (Phi) is 6.21. The molecule has 0 radical (unpaired) electrons. The van der Waals surface area contributed by atoms with Gasteiger partial charge in [-0.05, 0) is 48.9 Å². The molecule has 6 heteroatoms. The fraction of sp³-hybridized carbons (Fsp3) is 0.222. The number of carbonyl (C=O) groups is 1. The lowest BCUT2D eigenvalue weighted by Gasteiger charge is -2.13. The molecule has 5 nitrogen and oxygen atoms in total. The molecule has 0 fully saturated rings. The zero-order chi connectivity index (χ0) is 17.5. The molecular weight excluding hydrogens is 326 g/mol. The molecule has 0 aliphatic carbocycles. The van der Waals surface area contributed by atoms with Gasteiger partial charge in [0, 0.05) is 24.8 Å². The molecular formula is C18H20ClN3O2. The van der Waals surface area contributed by atoms with Crippen molar-refractivity contribution in [2.75, 3.05) is 19.0 Å². The van der Waals surface area contributed by atoms with Gasteiger partial charge in [0.1, 0.15) is 5.75 Å². The van der Waals surface area contributed by atoms with Crippen molar-refractivity contribution in [2.24, 2.45) is 5.10 Å². The van der Waals surface area contributed by atoms with Crippen molar-refractivity contribution in [2.45, 2.75) is 13.0 Å². The molecule has 2 rings (SSSR count). The number of ether oxygens (including phenoxy) is 1. The highest BCUT2D eigenvalue weighted by molar-refractivity contribution is 6.30. The van der Waals surface area contributed by atoms with Crippen LogP contribution < -0.4 is 15.1 Å². The number of rotatable bonds is 6. The van der Waals surface area contributed by atoms with Gasteiger partial charge in [-0.2, -0.15) is 5.10 Å². The van der Waals surface area contributed by atoms with Gasteiger partial charge in [-0.15, -0.1) is 0 Å². The van der Waals surface area contributed by atoms with Crippen molar-refractivity contribution in [3.63, 3.8) is 0 Å². The molecule has 126 valence electrons. The van der Waals surface area contributed by atoms with Crippen molar-refractivity contribution in [3.05, 3.63) is 59.1 Å². The molecule has 1 amide bonds. The van der Waals surface area contributed by atoms with E-state index in [2.05, 4.69) is 10.5 Å². The Morgan fingerprint density at radius 3 is 2.38 bits per heavy atom. The summed E-state index contributed by atoms with van der Waals surface area (Å²) < 4.78 is 5.53. The number of halogens is 1. The molecule has 1 N–H and O–H groups in total. The number of benzene rings is 2. The van der Waals surface area contributed by atoms with Crippen LogP contribution in [0.5, 0.6) is 5.75 Å². The molecule has 0 spiro atoms. The van der Waals surface area contributed by atoms with Crippen molar-refractivity contribution >= 4 is 29.4 Å². The lowest BCUT2D eigenvalue weighted by molar-refractivity contribution is -0.127. The molecule has 2 aromatic rings. The first-order chi connectivity index (χ1) is 11.5. The van der Waals surface area contributed by atoms with E-state index < -0.39 is 6.10 Å². The minimum absolute atomic E-state index is 0.328. The van der Waals surface area contributed by atoms with Crippen LogP contribution in [0.2, 0.25) is 5.02 Å². The number of amides is 1. The van der Waals surface area contributed by atoms with E-state index in [4.69, 9.17) is 16.3 Å². The Balaban J connectivity index is 1.86. The van der Waals surface area contributed by atoms with E-state index >= 15 is 0 Å². The van der Waals surface area contributed by atoms with Gasteiger partial charge in [0.15, 0.2) is 6.10 Å². The number of nitrogens with zero attached hydrogens (tertiary/aromatic N) is 2. The zero-order valence-electron chi connectivity index (χ0n) is 13.9. The van der Waals surface area contributed by atoms with E-state index in [-0.39, 0.29) is 5.91 Å². The molecule has 0 aromatic heterocycles. The highest BCUT2D eigenvalue weighted by Gasteiger charge is 2.13. The molecule has 0 saturated carbocycles. The molecule has 0 heterocycles. The molecule has 24 heavy (non-hydrogen) atoms. The average molecular weight is 346 g/mol. The fourth-order valence-electron chi connectivity index (χ4n) is 1.89. The van der Waals surface area contributed by atoms with Crippen LogP contribution in [0.25, 0.3) is 0 Å². The van der Waals surface area contributed by atoms with Gasteiger partial charge in [-0.3, -0.25) is 4.79 Å². The van der Waals surface area contributed by atoms with Gasteiger partial charge in [0.2, 0.25) is 0 Å². The van der Waals surface area contributed by atoms with Crippen LogP contribution >= 0.6 is 11.6 Å². The molecule has 2 aromatic carbocycles. The minimum Gasteiger partial charge on any atom is -0.481 e. The minimum atomic E-state index is -0.667. The SMILES string of the molecule is C[C@@H](Oc1ccc(Cl)cc1)C(=O)N/N=C\c1ccc(N(C)C)cc1. The molecule has 0 unspecified atom stereocenters. The topological polar surface area (TPSA) is 53.9 Å². The van der Waals surface area contributed by atoms with Crippen LogP contribution in [-0.4, -0.2) is 32.3 Å². The van der Waals surface area contributed by atoms with Crippen LogP contribution in [0.1, 0.15) is 12.5 Å². The predicted octanol–water partition coefficient (Wildman–Crippen LogP) is 3.32. The average Bonchev–Trinajstić information content (AvgIpc) is 2.57. The molecule has 0 aliphatic heterocycles. The largest absolute Gasteiger partial charge is 0.481 e. The molecule has 0 bridgehead atoms. The summed E-state index contributed by atoms with van der Waals surface area (Å²) in [4.78, 5) is 14.0. The number of hydrazone groups is 1. The Bertz CT molecular complexity index is 697. The maximum atomic E-state index is 12.0. The van der Waals surface area contributed by atoms with E-state index in [0.717, 1.165) is 11.3 Å². The molecule has 1 atom stereocenters. The fourth-order valence-corrected chi connectivity index (χ4v) is 2.02. The highest BCUT2D eigenvalue weighted by atomic mass is 35.5. The summed E-state index contributed by atoms with van der Waals surface area (Å²) >= 11 is 5.81. The van der Waals surface area contributed by atoms with E-state index in [1.807, 2.05) is 43.3 Å². The van der Waals surface area contributed by atoms with E-state index in [0.29, 0.717) is 10.8 Å². The second-order valence-electron chi connectivity index (χ2n) is 5.43. The lowest BCUT2D eigenvalue weighted by Crippen LogP contribution is -2.33. The Morgan fingerprint density at radius 1 is 1.17 bits per heavy atom. The number of anilines is 1. The first-order valence-corrected chi connectivity index (χ1v) is 7.86. The van der Waals surface area contributed by atoms with Gasteiger partial charge in [0.25, 0.3) is 5.91 Å². The smallest absolute Gasteiger partial charge is 0.280 e. The maximum absolute atomic E-state index is 12.0. The van der Waals surface area contributed by atoms with Gasteiger partial charge in [-0.25, -0.2) is 5.43 Å². The number of carbonyl (C=O) groups excluding carboxylic acids is 1. The summed E-state index contributed by atoms with van der Waals surface area (Å²) in [7, 11) is 3.96. The Hall–Kier alpha value is -2.53. The summed E-state index contributed by atoms with van der Waals surface area (Å²) in [5.74, 6) is 0.247. The summed E-state index contributed by atoms with van der Waals surface area (Å²) in [6.45, 7) is 1.66. The van der Waals surface area contributed by atoms with Crippen molar-refractivity contribution in [1.29, 1.82) is 0 Å². The molecule has 0 aliphatic rings. The number of hydrogen-bond acceptors (Lipinski definition) is 4. The van der Waals surface area contributed by atoms with Crippen LogP contribution in [0.3, 0.4) is 0 Å². The zero-order valence-corrected chi connectivity index (χ0v) is 14.6. The summed E-state index contributed by atoms with van der Waals surface area (Å²) in [6, 6.07) is 14.7. The van der Waals surface area contributed by atoms with Gasteiger partial charge >= 0.3 is 0 Å². The van der Waals surface area contributed by atoms with Crippen LogP contribution in [0.4, 0.5) is 5.69 Å². The Labute approximate surface area is 146 Å². The third-order valence-electron chi connectivity index (χ3n) is 3.29. The lowest BCUT2D eigenvalue weighted by atomic mass is 10.2. The summed E-state index contributed by atoms with van der Waals surface area (Å²) in [6.07, 6.45) is 0.922. The second kappa shape index (κ2) is 8.36. The van der Waals surface area contributed by atoms with Gasteiger partial charge < -0.3 is 9.64 Å². The van der Waals surface area contributed by atoms with Crippen molar-refractivity contribution in [1.82, 2.24) is 5.43 Å². The maximum Gasteiger partial charge on any atom is 0.280 e. The third-order valence-corrected chi connectivity index (χ3v) is 3.55. The monoisotopic (exact) mass is 345 g/mol. The third kappa shape index (κ3) is 5.28.